The van der Waals surface area contributed by atoms with Crippen molar-refractivity contribution in [3.8, 4) is 0 Å². The number of thiazole rings is 1. The predicted octanol–water partition coefficient (Wildman–Crippen LogP) is 3.84. The quantitative estimate of drug-likeness (QED) is 0.524. The van der Waals surface area contributed by atoms with Crippen molar-refractivity contribution in [3.63, 3.8) is 0 Å². The maximum atomic E-state index is 12.5. The molecule has 0 spiro atoms. The summed E-state index contributed by atoms with van der Waals surface area (Å²) in [5, 5.41) is 3.55. The van der Waals surface area contributed by atoms with Gasteiger partial charge in [0, 0.05) is 19.3 Å². The number of carbonyl (C=O) groups is 1. The van der Waals surface area contributed by atoms with E-state index >= 15 is 0 Å². The average Bonchev–Trinajstić information content (AvgIpc) is 3.11. The molecule has 1 unspecified atom stereocenters. The normalized spacial score (nSPS) is 13.0. The zero-order chi connectivity index (χ0) is 21.0. The molecule has 0 saturated carbocycles. The fourth-order valence-corrected chi connectivity index (χ4v) is 5.73. The summed E-state index contributed by atoms with van der Waals surface area (Å²) in [6.45, 7) is 6.17. The van der Waals surface area contributed by atoms with Crippen molar-refractivity contribution in [2.24, 2.45) is 0 Å². The first-order valence-corrected chi connectivity index (χ1v) is 12.3. The van der Waals surface area contributed by atoms with Crippen molar-refractivity contribution in [2.75, 3.05) is 18.4 Å². The van der Waals surface area contributed by atoms with Crippen LogP contribution >= 0.6 is 23.1 Å². The van der Waals surface area contributed by atoms with Crippen LogP contribution in [-0.4, -0.2) is 46.9 Å². The highest BCUT2D eigenvalue weighted by atomic mass is 32.2. The SMILES string of the molecule is CCN(CC)S(=O)(=O)c1ccc(SC(C)C(=O)Nc2nc3ccccc3s2)nc1. The zero-order valence-electron chi connectivity index (χ0n) is 16.3. The van der Waals surface area contributed by atoms with E-state index in [1.165, 1.54) is 39.7 Å². The van der Waals surface area contributed by atoms with E-state index in [2.05, 4.69) is 15.3 Å². The molecule has 0 aliphatic carbocycles. The second-order valence-electron chi connectivity index (χ2n) is 6.16. The van der Waals surface area contributed by atoms with Crippen LogP contribution < -0.4 is 5.32 Å². The number of thioether (sulfide) groups is 1. The molecule has 0 aliphatic rings. The Balaban J connectivity index is 1.65. The van der Waals surface area contributed by atoms with Gasteiger partial charge < -0.3 is 5.32 Å². The molecule has 154 valence electrons. The van der Waals surface area contributed by atoms with E-state index in [1.54, 1.807) is 26.8 Å². The van der Waals surface area contributed by atoms with Gasteiger partial charge >= 0.3 is 0 Å². The highest BCUT2D eigenvalue weighted by Gasteiger charge is 2.22. The molecule has 1 amide bonds. The molecule has 0 bridgehead atoms. The van der Waals surface area contributed by atoms with E-state index in [1.807, 2.05) is 24.3 Å². The van der Waals surface area contributed by atoms with Gasteiger partial charge in [-0.1, -0.05) is 49.1 Å². The molecule has 0 fully saturated rings. The molecule has 29 heavy (non-hydrogen) atoms. The number of pyridine rings is 1. The molecule has 7 nitrogen and oxygen atoms in total. The fraction of sp³-hybridized carbons (Fsp3) is 0.316. The fourth-order valence-electron chi connectivity index (χ4n) is 2.67. The van der Waals surface area contributed by atoms with Crippen molar-refractivity contribution in [1.82, 2.24) is 14.3 Å². The lowest BCUT2D eigenvalue weighted by Gasteiger charge is -2.18. The van der Waals surface area contributed by atoms with Crippen LogP contribution in [0.1, 0.15) is 20.8 Å². The molecular weight excluding hydrogens is 428 g/mol. The largest absolute Gasteiger partial charge is 0.301 e. The van der Waals surface area contributed by atoms with Crippen LogP contribution in [-0.2, 0) is 14.8 Å². The van der Waals surface area contributed by atoms with E-state index in [4.69, 9.17) is 0 Å². The molecule has 3 rings (SSSR count). The number of aromatic nitrogens is 2. The predicted molar refractivity (Wildman–Crippen MR) is 118 cm³/mol. The Hall–Kier alpha value is -2.01. The number of fused-ring (bicyclic) bond motifs is 1. The van der Waals surface area contributed by atoms with Gasteiger partial charge in [0.2, 0.25) is 15.9 Å². The van der Waals surface area contributed by atoms with Crippen molar-refractivity contribution in [3.05, 3.63) is 42.6 Å². The second kappa shape index (κ2) is 9.21. The van der Waals surface area contributed by atoms with Gasteiger partial charge in [-0.25, -0.2) is 18.4 Å². The van der Waals surface area contributed by atoms with Crippen LogP contribution in [0.4, 0.5) is 5.13 Å². The number of nitrogens with one attached hydrogen (secondary N) is 1. The Morgan fingerprint density at radius 2 is 1.93 bits per heavy atom. The Labute approximate surface area is 178 Å². The second-order valence-corrected chi connectivity index (χ2v) is 10.5. The lowest BCUT2D eigenvalue weighted by molar-refractivity contribution is -0.115. The molecule has 1 aromatic carbocycles. The number of amides is 1. The molecule has 2 heterocycles. The molecule has 1 atom stereocenters. The topological polar surface area (TPSA) is 92.3 Å². The number of rotatable bonds is 8. The Morgan fingerprint density at radius 1 is 1.21 bits per heavy atom. The minimum absolute atomic E-state index is 0.150. The molecule has 0 aliphatic heterocycles. The van der Waals surface area contributed by atoms with Crippen molar-refractivity contribution in [2.45, 2.75) is 35.9 Å². The summed E-state index contributed by atoms with van der Waals surface area (Å²) in [5.74, 6) is -0.185. The highest BCUT2D eigenvalue weighted by Crippen LogP contribution is 2.28. The van der Waals surface area contributed by atoms with Gasteiger partial charge in [-0.2, -0.15) is 4.31 Å². The van der Waals surface area contributed by atoms with Crippen LogP contribution in [0.15, 0.2) is 52.5 Å². The standard InChI is InChI=1S/C19H22N4O3S3/c1-4-23(5-2)29(25,26)14-10-11-17(20-12-14)27-13(3)18(24)22-19-21-15-8-6-7-9-16(15)28-19/h6-13H,4-5H2,1-3H3,(H,21,22,24). The van der Waals surface area contributed by atoms with Gasteiger partial charge in [-0.15, -0.1) is 0 Å². The van der Waals surface area contributed by atoms with Gasteiger partial charge in [0.15, 0.2) is 5.13 Å². The summed E-state index contributed by atoms with van der Waals surface area (Å²) >= 11 is 2.68. The van der Waals surface area contributed by atoms with Gasteiger partial charge in [0.1, 0.15) is 4.90 Å². The zero-order valence-corrected chi connectivity index (χ0v) is 18.8. The van der Waals surface area contributed by atoms with E-state index < -0.39 is 15.3 Å². The first kappa shape index (κ1) is 21.7. The van der Waals surface area contributed by atoms with Crippen LogP contribution in [0, 0.1) is 0 Å². The summed E-state index contributed by atoms with van der Waals surface area (Å²) in [4.78, 5) is 21.3. The summed E-state index contributed by atoms with van der Waals surface area (Å²) in [5.41, 5.74) is 0.847. The minimum Gasteiger partial charge on any atom is -0.301 e. The number of benzene rings is 1. The maximum absolute atomic E-state index is 12.5. The minimum atomic E-state index is -3.54. The van der Waals surface area contributed by atoms with Gasteiger partial charge in [0.05, 0.1) is 20.5 Å². The lowest BCUT2D eigenvalue weighted by Crippen LogP contribution is -2.30. The third kappa shape index (κ3) is 4.95. The third-order valence-electron chi connectivity index (χ3n) is 4.24. The third-order valence-corrected chi connectivity index (χ3v) is 8.28. The maximum Gasteiger partial charge on any atom is 0.244 e. The van der Waals surface area contributed by atoms with E-state index in [-0.39, 0.29) is 10.8 Å². The number of carbonyl (C=O) groups excluding carboxylic acids is 1. The summed E-state index contributed by atoms with van der Waals surface area (Å²) in [6.07, 6.45) is 1.34. The Bertz CT molecular complexity index is 1060. The number of para-hydroxylation sites is 1. The van der Waals surface area contributed by atoms with Crippen LogP contribution in [0.3, 0.4) is 0 Å². The highest BCUT2D eigenvalue weighted by molar-refractivity contribution is 8.00. The number of anilines is 1. The summed E-state index contributed by atoms with van der Waals surface area (Å²) < 4.78 is 27.4. The number of nitrogens with zero attached hydrogens (tertiary/aromatic N) is 3. The number of hydrogen-bond acceptors (Lipinski definition) is 7. The lowest BCUT2D eigenvalue weighted by atomic mass is 10.3. The van der Waals surface area contributed by atoms with Gasteiger partial charge in [-0.3, -0.25) is 4.79 Å². The molecule has 0 radical (unpaired) electrons. The summed E-state index contributed by atoms with van der Waals surface area (Å²) in [7, 11) is -3.54. The molecule has 1 N–H and O–H groups in total. The molecule has 2 aromatic heterocycles. The molecule has 0 saturated heterocycles. The number of sulfonamides is 1. The van der Waals surface area contributed by atoms with E-state index in [0.29, 0.717) is 23.2 Å². The number of hydrogen-bond donors (Lipinski definition) is 1. The smallest absolute Gasteiger partial charge is 0.244 e. The van der Waals surface area contributed by atoms with Crippen LogP contribution in [0.5, 0.6) is 0 Å². The van der Waals surface area contributed by atoms with Crippen molar-refractivity contribution in [1.29, 1.82) is 0 Å². The first-order valence-electron chi connectivity index (χ1n) is 9.14. The molecule has 3 aromatic rings. The van der Waals surface area contributed by atoms with Gasteiger partial charge in [-0.05, 0) is 31.2 Å². The van der Waals surface area contributed by atoms with Gasteiger partial charge in [0.25, 0.3) is 0 Å². The monoisotopic (exact) mass is 450 g/mol. The molecule has 10 heteroatoms. The Kier molecular flexibility index (Phi) is 6.89. The molecular formula is C19H22N4O3S3. The summed E-state index contributed by atoms with van der Waals surface area (Å²) in [6, 6.07) is 10.8. The van der Waals surface area contributed by atoms with E-state index in [0.717, 1.165) is 10.2 Å². The van der Waals surface area contributed by atoms with E-state index in [9.17, 15) is 13.2 Å². The van der Waals surface area contributed by atoms with Crippen LogP contribution in [0.2, 0.25) is 0 Å². The van der Waals surface area contributed by atoms with Crippen LogP contribution in [0.25, 0.3) is 10.2 Å². The van der Waals surface area contributed by atoms with Crippen molar-refractivity contribution >= 4 is 54.4 Å². The Morgan fingerprint density at radius 3 is 2.55 bits per heavy atom. The first-order chi connectivity index (χ1) is 13.8. The van der Waals surface area contributed by atoms with Crippen molar-refractivity contribution < 1.29 is 13.2 Å². The average molecular weight is 451 g/mol.